The molecular weight excluding hydrogens is 174 g/mol. The van der Waals surface area contributed by atoms with Crippen molar-refractivity contribution in [2.75, 3.05) is 13.7 Å². The summed E-state index contributed by atoms with van der Waals surface area (Å²) in [4.78, 5) is 0. The minimum absolute atomic E-state index is 0.531. The van der Waals surface area contributed by atoms with Gasteiger partial charge in [-0.2, -0.15) is 0 Å². The highest BCUT2D eigenvalue weighted by molar-refractivity contribution is 4.89. The second-order valence-corrected chi connectivity index (χ2v) is 5.42. The van der Waals surface area contributed by atoms with Crippen LogP contribution in [0.25, 0.3) is 0 Å². The molecule has 0 unspecified atom stereocenters. The zero-order valence-corrected chi connectivity index (χ0v) is 9.51. The predicted octanol–water partition coefficient (Wildman–Crippen LogP) is 2.33. The molecule has 2 fully saturated rings. The summed E-state index contributed by atoms with van der Waals surface area (Å²) in [5.74, 6) is 0. The minimum atomic E-state index is 0.531. The molecule has 2 nitrogen and oxygen atoms in total. The van der Waals surface area contributed by atoms with Crippen molar-refractivity contribution < 1.29 is 4.74 Å². The van der Waals surface area contributed by atoms with E-state index < -0.39 is 0 Å². The van der Waals surface area contributed by atoms with E-state index in [9.17, 15) is 0 Å². The second kappa shape index (κ2) is 4.19. The smallest absolute Gasteiger partial charge is 0.0601 e. The van der Waals surface area contributed by atoms with Crippen molar-refractivity contribution in [1.29, 1.82) is 0 Å². The van der Waals surface area contributed by atoms with E-state index in [0.29, 0.717) is 11.5 Å². The van der Waals surface area contributed by atoms with E-state index in [1.54, 1.807) is 0 Å². The highest BCUT2D eigenvalue weighted by Crippen LogP contribution is 2.37. The summed E-state index contributed by atoms with van der Waals surface area (Å²) in [6, 6.07) is 0.734. The standard InChI is InChI=1S/C12H23NO/c1-12(5-3-4-6-12)9-13-10-7-11(8-10)14-2/h10-11,13H,3-9H2,1-2H3. The lowest BCUT2D eigenvalue weighted by Gasteiger charge is -2.37. The third-order valence-corrected chi connectivity index (χ3v) is 4.06. The van der Waals surface area contributed by atoms with Crippen molar-refractivity contribution >= 4 is 0 Å². The Bertz CT molecular complexity index is 181. The van der Waals surface area contributed by atoms with E-state index in [-0.39, 0.29) is 0 Å². The maximum atomic E-state index is 5.27. The number of hydrogen-bond donors (Lipinski definition) is 1. The minimum Gasteiger partial charge on any atom is -0.381 e. The molecule has 0 bridgehead atoms. The van der Waals surface area contributed by atoms with Crippen molar-refractivity contribution in [2.24, 2.45) is 5.41 Å². The van der Waals surface area contributed by atoms with Crippen LogP contribution in [-0.4, -0.2) is 25.8 Å². The zero-order chi connectivity index (χ0) is 10.0. The number of ether oxygens (including phenoxy) is 1. The molecule has 0 heterocycles. The molecule has 2 heteroatoms. The first kappa shape index (κ1) is 10.4. The molecule has 0 aromatic heterocycles. The Hall–Kier alpha value is -0.0800. The Balaban J connectivity index is 1.63. The van der Waals surface area contributed by atoms with Crippen molar-refractivity contribution in [1.82, 2.24) is 5.32 Å². The van der Waals surface area contributed by atoms with Crippen LogP contribution in [0.15, 0.2) is 0 Å². The van der Waals surface area contributed by atoms with Gasteiger partial charge in [0.1, 0.15) is 0 Å². The van der Waals surface area contributed by atoms with Gasteiger partial charge in [-0.05, 0) is 31.1 Å². The Morgan fingerprint density at radius 2 is 1.93 bits per heavy atom. The molecule has 0 amide bonds. The second-order valence-electron chi connectivity index (χ2n) is 5.42. The van der Waals surface area contributed by atoms with Crippen LogP contribution in [0, 0.1) is 5.41 Å². The quantitative estimate of drug-likeness (QED) is 0.747. The maximum absolute atomic E-state index is 5.27. The molecule has 0 spiro atoms. The zero-order valence-electron chi connectivity index (χ0n) is 9.51. The molecule has 0 aliphatic heterocycles. The van der Waals surface area contributed by atoms with Gasteiger partial charge in [0.05, 0.1) is 6.10 Å². The molecule has 2 aliphatic carbocycles. The van der Waals surface area contributed by atoms with Crippen LogP contribution in [-0.2, 0) is 4.74 Å². The first-order chi connectivity index (χ1) is 6.72. The summed E-state index contributed by atoms with van der Waals surface area (Å²) in [5, 5.41) is 3.69. The lowest BCUT2D eigenvalue weighted by atomic mass is 9.85. The van der Waals surface area contributed by atoms with Gasteiger partial charge in [-0.1, -0.05) is 19.8 Å². The van der Waals surface area contributed by atoms with E-state index in [0.717, 1.165) is 6.04 Å². The third-order valence-electron chi connectivity index (χ3n) is 4.06. The van der Waals surface area contributed by atoms with E-state index >= 15 is 0 Å². The lowest BCUT2D eigenvalue weighted by molar-refractivity contribution is 0.0146. The lowest BCUT2D eigenvalue weighted by Crippen LogP contribution is -2.47. The van der Waals surface area contributed by atoms with Gasteiger partial charge < -0.3 is 10.1 Å². The van der Waals surface area contributed by atoms with Crippen LogP contribution in [0.5, 0.6) is 0 Å². The average molecular weight is 197 g/mol. The first-order valence-electron chi connectivity index (χ1n) is 5.98. The van der Waals surface area contributed by atoms with Gasteiger partial charge >= 0.3 is 0 Å². The van der Waals surface area contributed by atoms with E-state index in [1.807, 2.05) is 7.11 Å². The van der Waals surface area contributed by atoms with Gasteiger partial charge in [0.25, 0.3) is 0 Å². The van der Waals surface area contributed by atoms with Crippen LogP contribution in [0.3, 0.4) is 0 Å². The summed E-state index contributed by atoms with van der Waals surface area (Å²) >= 11 is 0. The Kier molecular flexibility index (Phi) is 3.13. The fourth-order valence-corrected chi connectivity index (χ4v) is 2.72. The molecule has 2 aliphatic rings. The van der Waals surface area contributed by atoms with Crippen LogP contribution in [0.4, 0.5) is 0 Å². The van der Waals surface area contributed by atoms with Crippen molar-refractivity contribution in [3.8, 4) is 0 Å². The van der Waals surface area contributed by atoms with E-state index in [2.05, 4.69) is 12.2 Å². The van der Waals surface area contributed by atoms with Crippen molar-refractivity contribution in [3.63, 3.8) is 0 Å². The van der Waals surface area contributed by atoms with Gasteiger partial charge in [0.15, 0.2) is 0 Å². The Morgan fingerprint density at radius 1 is 1.29 bits per heavy atom. The average Bonchev–Trinajstić information content (AvgIpc) is 2.50. The highest BCUT2D eigenvalue weighted by atomic mass is 16.5. The SMILES string of the molecule is COC1CC(NCC2(C)CCCC2)C1. The Morgan fingerprint density at radius 3 is 2.50 bits per heavy atom. The summed E-state index contributed by atoms with van der Waals surface area (Å²) in [6.07, 6.45) is 8.66. The van der Waals surface area contributed by atoms with Crippen LogP contribution >= 0.6 is 0 Å². The highest BCUT2D eigenvalue weighted by Gasteiger charge is 2.33. The molecule has 2 rings (SSSR count). The number of nitrogens with one attached hydrogen (secondary N) is 1. The molecule has 82 valence electrons. The molecule has 0 radical (unpaired) electrons. The first-order valence-corrected chi connectivity index (χ1v) is 5.98. The monoisotopic (exact) mass is 197 g/mol. The van der Waals surface area contributed by atoms with Gasteiger partial charge in [-0.3, -0.25) is 0 Å². The molecule has 0 aromatic rings. The molecule has 0 atom stereocenters. The molecule has 0 saturated heterocycles. The normalized spacial score (nSPS) is 35.6. The summed E-state index contributed by atoms with van der Waals surface area (Å²) in [7, 11) is 1.82. The fourth-order valence-electron chi connectivity index (χ4n) is 2.72. The van der Waals surface area contributed by atoms with Crippen molar-refractivity contribution in [3.05, 3.63) is 0 Å². The molecule has 1 N–H and O–H groups in total. The number of methoxy groups -OCH3 is 1. The summed E-state index contributed by atoms with van der Waals surface area (Å²) < 4.78 is 5.27. The summed E-state index contributed by atoms with van der Waals surface area (Å²) in [5.41, 5.74) is 0.595. The summed E-state index contributed by atoms with van der Waals surface area (Å²) in [6.45, 7) is 3.65. The van der Waals surface area contributed by atoms with Gasteiger partial charge in [0.2, 0.25) is 0 Å². The molecular formula is C12H23NO. The predicted molar refractivity (Wildman–Crippen MR) is 58.4 cm³/mol. The van der Waals surface area contributed by atoms with Crippen LogP contribution in [0.1, 0.15) is 45.4 Å². The largest absolute Gasteiger partial charge is 0.381 e. The maximum Gasteiger partial charge on any atom is 0.0601 e. The molecule has 14 heavy (non-hydrogen) atoms. The van der Waals surface area contributed by atoms with Gasteiger partial charge in [-0.15, -0.1) is 0 Å². The molecule has 2 saturated carbocycles. The van der Waals surface area contributed by atoms with E-state index in [4.69, 9.17) is 4.74 Å². The van der Waals surface area contributed by atoms with Gasteiger partial charge in [-0.25, -0.2) is 0 Å². The number of hydrogen-bond acceptors (Lipinski definition) is 2. The fraction of sp³-hybridized carbons (Fsp3) is 1.00. The molecule has 0 aromatic carbocycles. The Labute approximate surface area is 87.4 Å². The van der Waals surface area contributed by atoms with Gasteiger partial charge in [0, 0.05) is 19.7 Å². The van der Waals surface area contributed by atoms with E-state index in [1.165, 1.54) is 45.1 Å². The van der Waals surface area contributed by atoms with Crippen LogP contribution in [0.2, 0.25) is 0 Å². The third kappa shape index (κ3) is 2.29. The number of rotatable bonds is 4. The topological polar surface area (TPSA) is 21.3 Å². The van der Waals surface area contributed by atoms with Crippen LogP contribution < -0.4 is 5.32 Å². The van der Waals surface area contributed by atoms with Crippen molar-refractivity contribution in [2.45, 2.75) is 57.6 Å².